The Bertz CT molecular complexity index is 1760. The third-order valence-electron chi connectivity index (χ3n) is 7.43. The topological polar surface area (TPSA) is 123 Å². The lowest BCUT2D eigenvalue weighted by Crippen LogP contribution is -2.48. The number of benzene rings is 2. The molecule has 3 heterocycles. The fraction of sp³-hybridized carbons (Fsp3) is 0.355. The van der Waals surface area contributed by atoms with Crippen LogP contribution in [0.3, 0.4) is 0 Å². The molecule has 1 saturated heterocycles. The minimum atomic E-state index is -0.675. The molecule has 0 radical (unpaired) electrons. The van der Waals surface area contributed by atoms with Gasteiger partial charge in [-0.15, -0.1) is 0 Å². The van der Waals surface area contributed by atoms with Crippen LogP contribution in [-0.2, 0) is 18.3 Å². The highest BCUT2D eigenvalue weighted by Gasteiger charge is 2.31. The lowest BCUT2D eigenvalue weighted by atomic mass is 10.1. The summed E-state index contributed by atoms with van der Waals surface area (Å²) in [5.41, 5.74) is -0.578. The van der Waals surface area contributed by atoms with Crippen molar-refractivity contribution in [3.63, 3.8) is 0 Å². The van der Waals surface area contributed by atoms with Crippen LogP contribution < -0.4 is 10.9 Å². The smallest absolute Gasteiger partial charge is 0.410 e. The van der Waals surface area contributed by atoms with Crippen molar-refractivity contribution in [1.82, 2.24) is 19.4 Å². The lowest BCUT2D eigenvalue weighted by Gasteiger charge is -2.33. The van der Waals surface area contributed by atoms with E-state index in [0.29, 0.717) is 37.0 Å². The number of aromatic nitrogens is 2. The van der Waals surface area contributed by atoms with Gasteiger partial charge in [0, 0.05) is 37.1 Å². The molecule has 1 fully saturated rings. The van der Waals surface area contributed by atoms with Gasteiger partial charge < -0.3 is 24.6 Å². The van der Waals surface area contributed by atoms with Crippen LogP contribution in [0.15, 0.2) is 53.3 Å². The van der Waals surface area contributed by atoms with Gasteiger partial charge in [0.2, 0.25) is 0 Å². The molecule has 2 aromatic carbocycles. The zero-order valence-corrected chi connectivity index (χ0v) is 23.9. The van der Waals surface area contributed by atoms with Crippen molar-refractivity contribution < 1.29 is 28.6 Å². The van der Waals surface area contributed by atoms with Crippen molar-refractivity contribution in [3.8, 4) is 5.75 Å². The second-order valence-corrected chi connectivity index (χ2v) is 11.5. The van der Waals surface area contributed by atoms with Gasteiger partial charge in [-0.05, 0) is 51.8 Å². The Morgan fingerprint density at radius 2 is 1.74 bits per heavy atom. The van der Waals surface area contributed by atoms with Gasteiger partial charge in [0.15, 0.2) is 11.5 Å². The summed E-state index contributed by atoms with van der Waals surface area (Å²) in [5.74, 6) is -2.08. The number of likely N-dealkylation sites (tertiary alicyclic amines) is 1. The van der Waals surface area contributed by atoms with E-state index in [1.165, 1.54) is 34.4 Å². The van der Waals surface area contributed by atoms with Crippen molar-refractivity contribution in [2.45, 2.75) is 51.8 Å². The summed E-state index contributed by atoms with van der Waals surface area (Å²) in [6.07, 6.45) is 0.524. The van der Waals surface area contributed by atoms with Gasteiger partial charge in [-0.25, -0.2) is 9.18 Å². The number of ketones is 1. The second kappa shape index (κ2) is 11.0. The quantitative estimate of drug-likeness (QED) is 0.341. The molecule has 1 aliphatic heterocycles. The monoisotopic (exact) mass is 576 g/mol. The van der Waals surface area contributed by atoms with Gasteiger partial charge in [-0.3, -0.25) is 19.0 Å². The van der Waals surface area contributed by atoms with E-state index in [0.717, 1.165) is 0 Å². The number of aryl methyl sites for hydroxylation is 1. The molecule has 0 unspecified atom stereocenters. The maximum absolute atomic E-state index is 14.5. The van der Waals surface area contributed by atoms with Gasteiger partial charge in [0.1, 0.15) is 22.5 Å². The van der Waals surface area contributed by atoms with Crippen molar-refractivity contribution in [1.29, 1.82) is 0 Å². The van der Waals surface area contributed by atoms with Crippen LogP contribution in [0.4, 0.5) is 9.18 Å². The summed E-state index contributed by atoms with van der Waals surface area (Å²) < 4.78 is 22.5. The van der Waals surface area contributed by atoms with E-state index in [-0.39, 0.29) is 40.4 Å². The predicted octanol–water partition coefficient (Wildman–Crippen LogP) is 4.35. The van der Waals surface area contributed by atoms with E-state index in [1.54, 1.807) is 56.0 Å². The summed E-state index contributed by atoms with van der Waals surface area (Å²) in [6.45, 7) is 5.80. The van der Waals surface area contributed by atoms with Gasteiger partial charge in [-0.2, -0.15) is 0 Å². The predicted molar refractivity (Wildman–Crippen MR) is 155 cm³/mol. The van der Waals surface area contributed by atoms with Crippen LogP contribution in [0.1, 0.15) is 54.5 Å². The first-order chi connectivity index (χ1) is 19.9. The molecule has 0 atom stereocenters. The zero-order chi connectivity index (χ0) is 30.3. The minimum Gasteiger partial charge on any atom is -0.505 e. The third-order valence-corrected chi connectivity index (χ3v) is 7.43. The molecule has 4 aromatic rings. The SMILES string of the molecule is Cn1c(C(=O)NC2CCN(C(=O)OC(C)(C)C)CC2)c(O)c2c(=O)n(CC(=O)c3ccccc3)c3ccc(F)cc3c21. The van der Waals surface area contributed by atoms with E-state index in [2.05, 4.69) is 5.32 Å². The number of halogens is 1. The van der Waals surface area contributed by atoms with Crippen LogP contribution in [0.5, 0.6) is 5.75 Å². The normalized spacial score (nSPS) is 14.4. The molecule has 0 spiro atoms. The van der Waals surface area contributed by atoms with Crippen LogP contribution in [-0.4, -0.2) is 61.7 Å². The average molecular weight is 577 g/mol. The molecule has 2 N–H and O–H groups in total. The summed E-state index contributed by atoms with van der Waals surface area (Å²) in [4.78, 5) is 54.2. The number of amides is 2. The molecule has 0 bridgehead atoms. The standard InChI is InChI=1S/C31H33FN4O6/c1-31(2,3)42-30(41)35-14-12-20(13-15-35)33-28(39)26-27(38)24-25(34(26)4)21-16-19(32)10-11-22(21)36(29(24)40)17-23(37)18-8-6-5-7-9-18/h5-11,16,20,38H,12-15,17H2,1-4H3,(H,33,39). The van der Waals surface area contributed by atoms with E-state index in [4.69, 9.17) is 4.74 Å². The lowest BCUT2D eigenvalue weighted by molar-refractivity contribution is 0.0199. The molecular formula is C31H33FN4O6. The molecule has 10 nitrogen and oxygen atoms in total. The van der Waals surface area contributed by atoms with Crippen molar-refractivity contribution in [3.05, 3.63) is 76.0 Å². The largest absolute Gasteiger partial charge is 0.505 e. The molecule has 1 aliphatic rings. The number of carbonyl (C=O) groups is 3. The van der Waals surface area contributed by atoms with Crippen molar-refractivity contribution in [2.24, 2.45) is 7.05 Å². The summed E-state index contributed by atoms with van der Waals surface area (Å²) in [5, 5.41) is 14.2. The van der Waals surface area contributed by atoms with Crippen LogP contribution in [0.2, 0.25) is 0 Å². The van der Waals surface area contributed by atoms with E-state index < -0.39 is 34.7 Å². The number of nitrogens with one attached hydrogen (secondary N) is 1. The molecule has 11 heteroatoms. The minimum absolute atomic E-state index is 0.158. The maximum atomic E-state index is 14.5. The van der Waals surface area contributed by atoms with Crippen molar-refractivity contribution >= 4 is 39.6 Å². The van der Waals surface area contributed by atoms with E-state index in [1.807, 2.05) is 0 Å². The molecule has 42 heavy (non-hydrogen) atoms. The number of aromatic hydroxyl groups is 1. The highest BCUT2D eigenvalue weighted by atomic mass is 19.1. The molecule has 220 valence electrons. The Morgan fingerprint density at radius 3 is 2.38 bits per heavy atom. The fourth-order valence-corrected chi connectivity index (χ4v) is 5.43. The number of nitrogens with zero attached hydrogens (tertiary/aromatic N) is 3. The van der Waals surface area contributed by atoms with E-state index >= 15 is 0 Å². The fourth-order valence-electron chi connectivity index (χ4n) is 5.43. The average Bonchev–Trinajstić information content (AvgIpc) is 3.21. The molecular weight excluding hydrogens is 543 g/mol. The number of Topliss-reactive ketones (excluding diaryl/α,β-unsaturated/α-hetero) is 1. The van der Waals surface area contributed by atoms with Gasteiger partial charge in [0.05, 0.1) is 17.6 Å². The van der Waals surface area contributed by atoms with Crippen molar-refractivity contribution in [2.75, 3.05) is 13.1 Å². The summed E-state index contributed by atoms with van der Waals surface area (Å²) in [7, 11) is 1.52. The molecule has 0 saturated carbocycles. The zero-order valence-electron chi connectivity index (χ0n) is 23.9. The molecule has 5 rings (SSSR count). The number of carbonyl (C=O) groups excluding carboxylic acids is 3. The first-order valence-corrected chi connectivity index (χ1v) is 13.8. The number of hydrogen-bond acceptors (Lipinski definition) is 6. The number of hydrogen-bond donors (Lipinski definition) is 2. The highest BCUT2D eigenvalue weighted by Crippen LogP contribution is 2.34. The first-order valence-electron chi connectivity index (χ1n) is 13.8. The highest BCUT2D eigenvalue weighted by molar-refractivity contribution is 6.12. The molecule has 2 amide bonds. The Morgan fingerprint density at radius 1 is 1.07 bits per heavy atom. The number of pyridine rings is 1. The number of piperidine rings is 1. The van der Waals surface area contributed by atoms with Crippen LogP contribution >= 0.6 is 0 Å². The summed E-state index contributed by atoms with van der Waals surface area (Å²) >= 11 is 0. The Hall–Kier alpha value is -4.67. The number of ether oxygens (including phenoxy) is 1. The Kier molecular flexibility index (Phi) is 7.53. The third kappa shape index (κ3) is 5.46. The Balaban J connectivity index is 1.47. The molecule has 0 aliphatic carbocycles. The number of fused-ring (bicyclic) bond motifs is 3. The first kappa shape index (κ1) is 28.8. The Labute approximate surface area is 241 Å². The van der Waals surface area contributed by atoms with Gasteiger partial charge in [0.25, 0.3) is 11.5 Å². The van der Waals surface area contributed by atoms with Crippen LogP contribution in [0.25, 0.3) is 21.8 Å². The maximum Gasteiger partial charge on any atom is 0.410 e. The number of rotatable bonds is 5. The van der Waals surface area contributed by atoms with Gasteiger partial charge in [-0.1, -0.05) is 30.3 Å². The van der Waals surface area contributed by atoms with Crippen LogP contribution in [0, 0.1) is 5.82 Å². The van der Waals surface area contributed by atoms with Gasteiger partial charge >= 0.3 is 6.09 Å². The summed E-state index contributed by atoms with van der Waals surface area (Å²) in [6, 6.07) is 12.0. The van der Waals surface area contributed by atoms with E-state index in [9.17, 15) is 28.7 Å². The molecule has 2 aromatic heterocycles. The second-order valence-electron chi connectivity index (χ2n) is 11.5.